The number of nitrogens with one attached hydrogen (secondary N) is 3. The lowest BCUT2D eigenvalue weighted by molar-refractivity contribution is 0.0258. The fourth-order valence-electron chi connectivity index (χ4n) is 2.88. The molecule has 1 rings (SSSR count). The molecule has 0 bridgehead atoms. The SMILES string of the molecule is CCOC(CCNC(=NC)NCc1cccc(C(=O)NCCN(C)C)c1)C(C)C.I. The van der Waals surface area contributed by atoms with Crippen molar-refractivity contribution in [3.63, 3.8) is 0 Å². The predicted molar refractivity (Wildman–Crippen MR) is 136 cm³/mol. The average molecular weight is 533 g/mol. The van der Waals surface area contributed by atoms with Crippen LogP contribution < -0.4 is 16.0 Å². The number of rotatable bonds is 12. The summed E-state index contributed by atoms with van der Waals surface area (Å²) in [7, 11) is 5.73. The van der Waals surface area contributed by atoms with Crippen molar-refractivity contribution in [1.82, 2.24) is 20.9 Å². The molecule has 0 saturated carbocycles. The average Bonchev–Trinajstić information content (AvgIpc) is 2.69. The summed E-state index contributed by atoms with van der Waals surface area (Å²) >= 11 is 0. The fraction of sp³-hybridized carbons (Fsp3) is 0.636. The van der Waals surface area contributed by atoms with Crippen molar-refractivity contribution >= 4 is 35.8 Å². The minimum Gasteiger partial charge on any atom is -0.378 e. The van der Waals surface area contributed by atoms with Crippen LogP contribution in [0.5, 0.6) is 0 Å². The van der Waals surface area contributed by atoms with E-state index in [0.717, 1.165) is 37.6 Å². The summed E-state index contributed by atoms with van der Waals surface area (Å²) in [6, 6.07) is 7.65. The smallest absolute Gasteiger partial charge is 0.251 e. The van der Waals surface area contributed by atoms with Crippen molar-refractivity contribution in [3.05, 3.63) is 35.4 Å². The zero-order valence-electron chi connectivity index (χ0n) is 19.3. The zero-order chi connectivity index (χ0) is 21.6. The largest absolute Gasteiger partial charge is 0.378 e. The summed E-state index contributed by atoms with van der Waals surface area (Å²) in [5, 5.41) is 9.58. The van der Waals surface area contributed by atoms with Crippen molar-refractivity contribution in [2.45, 2.75) is 39.8 Å². The van der Waals surface area contributed by atoms with Crippen molar-refractivity contribution in [2.24, 2.45) is 10.9 Å². The molecular weight excluding hydrogens is 493 g/mol. The van der Waals surface area contributed by atoms with Crippen molar-refractivity contribution in [2.75, 3.05) is 47.4 Å². The van der Waals surface area contributed by atoms with Gasteiger partial charge in [0.1, 0.15) is 0 Å². The van der Waals surface area contributed by atoms with E-state index >= 15 is 0 Å². The monoisotopic (exact) mass is 533 g/mol. The van der Waals surface area contributed by atoms with Crippen LogP contribution in [0.1, 0.15) is 43.1 Å². The topological polar surface area (TPSA) is 78.0 Å². The van der Waals surface area contributed by atoms with Crippen LogP contribution in [0.4, 0.5) is 0 Å². The summed E-state index contributed by atoms with van der Waals surface area (Å²) in [5.41, 5.74) is 1.70. The van der Waals surface area contributed by atoms with Crippen molar-refractivity contribution in [3.8, 4) is 0 Å². The molecule has 172 valence electrons. The number of carbonyl (C=O) groups is 1. The zero-order valence-corrected chi connectivity index (χ0v) is 21.7. The number of amides is 1. The molecule has 30 heavy (non-hydrogen) atoms. The van der Waals surface area contributed by atoms with E-state index in [1.54, 1.807) is 7.05 Å². The van der Waals surface area contributed by atoms with E-state index in [1.165, 1.54) is 0 Å². The summed E-state index contributed by atoms with van der Waals surface area (Å²) in [5.74, 6) is 1.18. The first-order valence-electron chi connectivity index (χ1n) is 10.4. The maximum Gasteiger partial charge on any atom is 0.251 e. The molecule has 8 heteroatoms. The number of hydrogen-bond donors (Lipinski definition) is 3. The van der Waals surface area contributed by atoms with E-state index in [1.807, 2.05) is 50.2 Å². The first kappa shape index (κ1) is 28.6. The highest BCUT2D eigenvalue weighted by Gasteiger charge is 2.13. The molecule has 0 aliphatic carbocycles. The van der Waals surface area contributed by atoms with Crippen LogP contribution in [0.2, 0.25) is 0 Å². The van der Waals surface area contributed by atoms with Crippen LogP contribution in [-0.4, -0.2) is 70.3 Å². The van der Waals surface area contributed by atoms with E-state index in [0.29, 0.717) is 24.6 Å². The summed E-state index contributed by atoms with van der Waals surface area (Å²) in [6.45, 7) is 9.94. The number of likely N-dealkylation sites (N-methyl/N-ethyl adjacent to an activating group) is 1. The molecule has 1 aromatic carbocycles. The molecule has 0 spiro atoms. The van der Waals surface area contributed by atoms with Crippen molar-refractivity contribution < 1.29 is 9.53 Å². The number of aliphatic imine (C=N–C) groups is 1. The Kier molecular flexibility index (Phi) is 15.6. The molecule has 1 aromatic rings. The van der Waals surface area contributed by atoms with Gasteiger partial charge in [-0.3, -0.25) is 9.79 Å². The van der Waals surface area contributed by atoms with Gasteiger partial charge in [0, 0.05) is 45.4 Å². The highest BCUT2D eigenvalue weighted by molar-refractivity contribution is 14.0. The number of nitrogens with zero attached hydrogens (tertiary/aromatic N) is 2. The van der Waals surface area contributed by atoms with Crippen LogP contribution in [0, 0.1) is 5.92 Å². The van der Waals surface area contributed by atoms with Gasteiger partial charge in [-0.25, -0.2) is 0 Å². The number of benzene rings is 1. The van der Waals surface area contributed by atoms with Crippen LogP contribution in [0.3, 0.4) is 0 Å². The Morgan fingerprint density at radius 2 is 1.90 bits per heavy atom. The van der Waals surface area contributed by atoms with Gasteiger partial charge in [-0.1, -0.05) is 26.0 Å². The Morgan fingerprint density at radius 1 is 1.17 bits per heavy atom. The second kappa shape index (κ2) is 16.3. The molecule has 3 N–H and O–H groups in total. The molecule has 0 heterocycles. The van der Waals surface area contributed by atoms with E-state index in [9.17, 15) is 4.79 Å². The lowest BCUT2D eigenvalue weighted by Gasteiger charge is -2.21. The van der Waals surface area contributed by atoms with Gasteiger partial charge in [0.15, 0.2) is 5.96 Å². The number of halogens is 1. The maximum absolute atomic E-state index is 12.3. The van der Waals surface area contributed by atoms with Gasteiger partial charge in [-0.15, -0.1) is 24.0 Å². The molecule has 0 aliphatic heterocycles. The highest BCUT2D eigenvalue weighted by Crippen LogP contribution is 2.10. The lowest BCUT2D eigenvalue weighted by atomic mass is 10.0. The molecular formula is C22H40IN5O2. The standard InChI is InChI=1S/C22H39N5O2.HI/c1-7-29-20(17(2)3)11-12-25-22(23-4)26-16-18-9-8-10-19(15-18)21(28)24-13-14-27(5)6;/h8-10,15,17,20H,7,11-14,16H2,1-6H3,(H,24,28)(H2,23,25,26);1H. The Morgan fingerprint density at radius 3 is 2.50 bits per heavy atom. The summed E-state index contributed by atoms with van der Waals surface area (Å²) in [4.78, 5) is 18.6. The molecule has 0 fully saturated rings. The van der Waals surface area contributed by atoms with Gasteiger partial charge >= 0.3 is 0 Å². The first-order chi connectivity index (χ1) is 13.9. The summed E-state index contributed by atoms with van der Waals surface area (Å²) in [6.07, 6.45) is 1.17. The third-order valence-electron chi connectivity index (χ3n) is 4.56. The Bertz CT molecular complexity index is 638. The van der Waals surface area contributed by atoms with Gasteiger partial charge in [-0.2, -0.15) is 0 Å². The molecule has 0 saturated heterocycles. The van der Waals surface area contributed by atoms with Gasteiger partial charge in [0.05, 0.1) is 6.10 Å². The molecule has 1 amide bonds. The minimum atomic E-state index is -0.0492. The number of guanidine groups is 1. The lowest BCUT2D eigenvalue weighted by Crippen LogP contribution is -2.39. The van der Waals surface area contributed by atoms with Crippen molar-refractivity contribution in [1.29, 1.82) is 0 Å². The predicted octanol–water partition coefficient (Wildman–Crippen LogP) is 2.71. The van der Waals surface area contributed by atoms with Gasteiger partial charge in [0.25, 0.3) is 5.91 Å². The summed E-state index contributed by atoms with van der Waals surface area (Å²) < 4.78 is 5.78. The third-order valence-corrected chi connectivity index (χ3v) is 4.56. The highest BCUT2D eigenvalue weighted by atomic mass is 127. The Hall–Kier alpha value is -1.39. The molecule has 0 aromatic heterocycles. The normalized spacial score (nSPS) is 12.5. The Balaban J connectivity index is 0.00000841. The number of carbonyl (C=O) groups excluding carboxylic acids is 1. The third kappa shape index (κ3) is 11.7. The number of hydrogen-bond acceptors (Lipinski definition) is 4. The van der Waals surface area contributed by atoms with Crippen LogP contribution in [0.15, 0.2) is 29.3 Å². The second-order valence-corrected chi connectivity index (χ2v) is 7.64. The van der Waals surface area contributed by atoms with E-state index in [-0.39, 0.29) is 36.0 Å². The second-order valence-electron chi connectivity index (χ2n) is 7.64. The molecule has 0 radical (unpaired) electrons. The first-order valence-corrected chi connectivity index (χ1v) is 10.4. The maximum atomic E-state index is 12.3. The number of ether oxygens (including phenoxy) is 1. The van der Waals surface area contributed by atoms with Gasteiger partial charge in [0.2, 0.25) is 0 Å². The van der Waals surface area contributed by atoms with Crippen LogP contribution in [0.25, 0.3) is 0 Å². The molecule has 1 unspecified atom stereocenters. The Labute approximate surface area is 199 Å². The van der Waals surface area contributed by atoms with Crippen LogP contribution in [-0.2, 0) is 11.3 Å². The molecule has 7 nitrogen and oxygen atoms in total. The van der Waals surface area contributed by atoms with E-state index in [4.69, 9.17) is 4.74 Å². The van der Waals surface area contributed by atoms with Gasteiger partial charge < -0.3 is 25.6 Å². The van der Waals surface area contributed by atoms with E-state index in [2.05, 4.69) is 34.8 Å². The van der Waals surface area contributed by atoms with Crippen LogP contribution >= 0.6 is 24.0 Å². The molecule has 0 aliphatic rings. The fourth-order valence-corrected chi connectivity index (χ4v) is 2.88. The quantitative estimate of drug-likeness (QED) is 0.219. The van der Waals surface area contributed by atoms with Gasteiger partial charge in [-0.05, 0) is 51.1 Å². The minimum absolute atomic E-state index is 0. The molecule has 1 atom stereocenters. The van der Waals surface area contributed by atoms with E-state index < -0.39 is 0 Å².